The molecule has 0 bridgehead atoms. The van der Waals surface area contributed by atoms with Crippen molar-refractivity contribution in [1.82, 2.24) is 5.32 Å². The zero-order chi connectivity index (χ0) is 7.03. The van der Waals surface area contributed by atoms with Crippen LogP contribution >= 0.6 is 0 Å². The molecule has 2 aliphatic heterocycles. The first kappa shape index (κ1) is 6.62. The Balaban J connectivity index is 1.96. The lowest BCUT2D eigenvalue weighted by atomic mass is 9.75. The van der Waals surface area contributed by atoms with Gasteiger partial charge in [-0.15, -0.1) is 0 Å². The van der Waals surface area contributed by atoms with E-state index in [2.05, 4.69) is 12.2 Å². The van der Waals surface area contributed by atoms with Crippen LogP contribution in [-0.2, 0) is 4.74 Å². The quantitative estimate of drug-likeness (QED) is 0.534. The van der Waals surface area contributed by atoms with Crippen molar-refractivity contribution >= 4 is 0 Å². The lowest BCUT2D eigenvalue weighted by Crippen LogP contribution is -2.54. The predicted octanol–water partition coefficient (Wildman–Crippen LogP) is 0.632. The second-order valence-electron chi connectivity index (χ2n) is 3.93. The van der Waals surface area contributed by atoms with Gasteiger partial charge in [-0.05, 0) is 18.9 Å². The van der Waals surface area contributed by atoms with E-state index >= 15 is 0 Å². The van der Waals surface area contributed by atoms with Crippen LogP contribution in [0.5, 0.6) is 0 Å². The predicted molar refractivity (Wildman–Crippen MR) is 39.9 cm³/mol. The summed E-state index contributed by atoms with van der Waals surface area (Å²) >= 11 is 0. The molecule has 58 valence electrons. The summed E-state index contributed by atoms with van der Waals surface area (Å²) in [5, 5.41) is 3.45. The molecule has 2 rings (SSSR count). The first-order chi connectivity index (χ1) is 4.81. The van der Waals surface area contributed by atoms with Gasteiger partial charge in [-0.3, -0.25) is 0 Å². The molecule has 10 heavy (non-hydrogen) atoms. The van der Waals surface area contributed by atoms with Gasteiger partial charge in [0.05, 0.1) is 13.2 Å². The lowest BCUT2D eigenvalue weighted by Gasteiger charge is -2.46. The Morgan fingerprint density at radius 1 is 1.50 bits per heavy atom. The molecule has 1 spiro atoms. The maximum absolute atomic E-state index is 5.22. The average Bonchev–Trinajstić information content (AvgIpc) is 1.85. The molecule has 0 aromatic carbocycles. The van der Waals surface area contributed by atoms with E-state index in [1.54, 1.807) is 0 Å². The fourth-order valence-electron chi connectivity index (χ4n) is 2.08. The highest BCUT2D eigenvalue weighted by Gasteiger charge is 2.41. The van der Waals surface area contributed by atoms with Gasteiger partial charge in [-0.2, -0.15) is 0 Å². The summed E-state index contributed by atoms with van der Waals surface area (Å²) in [6.07, 6.45) is 1.36. The molecule has 2 nitrogen and oxygen atoms in total. The number of nitrogens with one attached hydrogen (secondary N) is 1. The Bertz CT molecular complexity index is 131. The summed E-state index contributed by atoms with van der Waals surface area (Å²) < 4.78 is 5.22. The van der Waals surface area contributed by atoms with Gasteiger partial charge in [0.25, 0.3) is 0 Å². The smallest absolute Gasteiger partial charge is 0.0557 e. The molecule has 2 fully saturated rings. The molecule has 1 N–H and O–H groups in total. The summed E-state index contributed by atoms with van der Waals surface area (Å²) in [7, 11) is 0. The van der Waals surface area contributed by atoms with Gasteiger partial charge >= 0.3 is 0 Å². The topological polar surface area (TPSA) is 21.3 Å². The van der Waals surface area contributed by atoms with Gasteiger partial charge in [0.2, 0.25) is 0 Å². The first-order valence-electron chi connectivity index (χ1n) is 4.09. The van der Waals surface area contributed by atoms with E-state index in [0.29, 0.717) is 5.41 Å². The average molecular weight is 141 g/mol. The molecule has 2 aliphatic rings. The molecule has 1 atom stereocenters. The highest BCUT2D eigenvalue weighted by Crippen LogP contribution is 2.35. The fourth-order valence-corrected chi connectivity index (χ4v) is 2.08. The summed E-state index contributed by atoms with van der Waals surface area (Å²) in [5.74, 6) is 0.845. The van der Waals surface area contributed by atoms with Crippen molar-refractivity contribution in [3.05, 3.63) is 0 Å². The van der Waals surface area contributed by atoms with Gasteiger partial charge in [0, 0.05) is 12.0 Å². The maximum Gasteiger partial charge on any atom is 0.0557 e. The Hall–Kier alpha value is -0.0800. The van der Waals surface area contributed by atoms with Crippen LogP contribution in [0.25, 0.3) is 0 Å². The Morgan fingerprint density at radius 2 is 2.30 bits per heavy atom. The maximum atomic E-state index is 5.22. The minimum atomic E-state index is 0.539. The second kappa shape index (κ2) is 2.21. The first-order valence-corrected chi connectivity index (χ1v) is 4.09. The molecule has 0 radical (unpaired) electrons. The van der Waals surface area contributed by atoms with Crippen LogP contribution in [0.1, 0.15) is 13.3 Å². The highest BCUT2D eigenvalue weighted by atomic mass is 16.5. The summed E-state index contributed by atoms with van der Waals surface area (Å²) in [6.45, 7) is 6.67. The van der Waals surface area contributed by atoms with Crippen LogP contribution in [0.2, 0.25) is 0 Å². The molecule has 0 aromatic rings. The Labute approximate surface area is 61.9 Å². The molecule has 2 heteroatoms. The Kier molecular flexibility index (Phi) is 1.46. The third-order valence-electron chi connectivity index (χ3n) is 2.59. The van der Waals surface area contributed by atoms with E-state index < -0.39 is 0 Å². The third-order valence-corrected chi connectivity index (χ3v) is 2.59. The largest absolute Gasteiger partial charge is 0.380 e. The van der Waals surface area contributed by atoms with Gasteiger partial charge in [0.1, 0.15) is 0 Å². The van der Waals surface area contributed by atoms with Crippen LogP contribution in [0.3, 0.4) is 0 Å². The molecule has 2 heterocycles. The molecular weight excluding hydrogens is 126 g/mol. The van der Waals surface area contributed by atoms with Gasteiger partial charge in [-0.1, -0.05) is 6.92 Å². The standard InChI is InChI=1S/C8H15NO/c1-7-2-8(4-9-3-7)5-10-6-8/h7,9H,2-6H2,1H3. The van der Waals surface area contributed by atoms with Crippen LogP contribution in [-0.4, -0.2) is 26.3 Å². The number of rotatable bonds is 0. The van der Waals surface area contributed by atoms with Crippen molar-refractivity contribution < 1.29 is 4.74 Å². The normalized spacial score (nSPS) is 37.5. The van der Waals surface area contributed by atoms with E-state index in [9.17, 15) is 0 Å². The van der Waals surface area contributed by atoms with Crippen LogP contribution in [0.15, 0.2) is 0 Å². The zero-order valence-electron chi connectivity index (χ0n) is 6.52. The molecule has 0 saturated carbocycles. The van der Waals surface area contributed by atoms with Crippen molar-refractivity contribution in [3.8, 4) is 0 Å². The van der Waals surface area contributed by atoms with Crippen molar-refractivity contribution in [1.29, 1.82) is 0 Å². The van der Waals surface area contributed by atoms with Gasteiger partial charge in [0.15, 0.2) is 0 Å². The molecule has 1 unspecified atom stereocenters. The van der Waals surface area contributed by atoms with E-state index in [1.165, 1.54) is 19.5 Å². The fraction of sp³-hybridized carbons (Fsp3) is 1.00. The minimum absolute atomic E-state index is 0.539. The lowest BCUT2D eigenvalue weighted by molar-refractivity contribution is -0.130. The molecule has 0 amide bonds. The van der Waals surface area contributed by atoms with Crippen molar-refractivity contribution in [2.75, 3.05) is 26.3 Å². The van der Waals surface area contributed by atoms with Crippen molar-refractivity contribution in [2.24, 2.45) is 11.3 Å². The minimum Gasteiger partial charge on any atom is -0.380 e. The zero-order valence-corrected chi connectivity index (χ0v) is 6.52. The highest BCUT2D eigenvalue weighted by molar-refractivity contribution is 4.92. The Morgan fingerprint density at radius 3 is 2.70 bits per heavy atom. The molecule has 0 aromatic heterocycles. The van der Waals surface area contributed by atoms with E-state index in [-0.39, 0.29) is 0 Å². The van der Waals surface area contributed by atoms with Crippen molar-refractivity contribution in [2.45, 2.75) is 13.3 Å². The van der Waals surface area contributed by atoms with E-state index in [4.69, 9.17) is 4.74 Å². The van der Waals surface area contributed by atoms with Gasteiger partial charge in [-0.25, -0.2) is 0 Å². The van der Waals surface area contributed by atoms with Crippen molar-refractivity contribution in [3.63, 3.8) is 0 Å². The van der Waals surface area contributed by atoms with Gasteiger partial charge < -0.3 is 10.1 Å². The van der Waals surface area contributed by atoms with E-state index in [1.807, 2.05) is 0 Å². The summed E-state index contributed by atoms with van der Waals surface area (Å²) in [5.41, 5.74) is 0.539. The SMILES string of the molecule is CC1CNCC2(COC2)C1. The van der Waals surface area contributed by atoms with Crippen LogP contribution < -0.4 is 5.32 Å². The third kappa shape index (κ3) is 0.956. The van der Waals surface area contributed by atoms with Crippen LogP contribution in [0.4, 0.5) is 0 Å². The molecular formula is C8H15NO. The van der Waals surface area contributed by atoms with E-state index in [0.717, 1.165) is 19.1 Å². The molecule has 2 saturated heterocycles. The monoisotopic (exact) mass is 141 g/mol. The summed E-state index contributed by atoms with van der Waals surface area (Å²) in [6, 6.07) is 0. The number of hydrogen-bond acceptors (Lipinski definition) is 2. The summed E-state index contributed by atoms with van der Waals surface area (Å²) in [4.78, 5) is 0. The number of piperidine rings is 1. The number of hydrogen-bond donors (Lipinski definition) is 1. The van der Waals surface area contributed by atoms with Crippen LogP contribution in [0, 0.1) is 11.3 Å². The molecule has 0 aliphatic carbocycles. The second-order valence-corrected chi connectivity index (χ2v) is 3.93. The number of ether oxygens (including phenoxy) is 1.